The van der Waals surface area contributed by atoms with E-state index in [9.17, 15) is 10.1 Å². The summed E-state index contributed by atoms with van der Waals surface area (Å²) in [4.78, 5) is 12.4. The molecule has 0 unspecified atom stereocenters. The Hall–Kier alpha value is -3.52. The zero-order chi connectivity index (χ0) is 18.1. The van der Waals surface area contributed by atoms with Crippen molar-refractivity contribution in [3.8, 4) is 17.6 Å². The van der Waals surface area contributed by atoms with E-state index >= 15 is 0 Å². The van der Waals surface area contributed by atoms with E-state index in [4.69, 9.17) is 9.47 Å². The number of anilines is 1. The minimum atomic E-state index is -0.505. The van der Waals surface area contributed by atoms with E-state index in [-0.39, 0.29) is 5.57 Å². The summed E-state index contributed by atoms with van der Waals surface area (Å²) >= 11 is 0. The van der Waals surface area contributed by atoms with Crippen LogP contribution < -0.4 is 14.8 Å². The maximum absolute atomic E-state index is 12.4. The fourth-order valence-electron chi connectivity index (χ4n) is 2.08. The second kappa shape index (κ2) is 8.94. The van der Waals surface area contributed by atoms with E-state index in [1.807, 2.05) is 18.2 Å². The van der Waals surface area contributed by atoms with Gasteiger partial charge in [0.2, 0.25) is 0 Å². The molecule has 0 heterocycles. The van der Waals surface area contributed by atoms with Crippen molar-refractivity contribution in [2.45, 2.75) is 0 Å². The Morgan fingerprint density at radius 3 is 2.80 bits per heavy atom. The third kappa shape index (κ3) is 4.98. The minimum Gasteiger partial charge on any atom is -0.497 e. The first kappa shape index (κ1) is 17.8. The van der Waals surface area contributed by atoms with Crippen molar-refractivity contribution in [1.82, 2.24) is 0 Å². The van der Waals surface area contributed by atoms with Gasteiger partial charge in [-0.2, -0.15) is 5.26 Å². The van der Waals surface area contributed by atoms with Crippen LogP contribution in [-0.4, -0.2) is 19.6 Å². The fraction of sp³-hybridized carbons (Fsp3) is 0.100. The summed E-state index contributed by atoms with van der Waals surface area (Å²) in [6.07, 6.45) is 3.12. The summed E-state index contributed by atoms with van der Waals surface area (Å²) in [7, 11) is 1.54. The lowest BCUT2D eigenvalue weighted by atomic mass is 10.1. The number of carbonyl (C=O) groups is 1. The van der Waals surface area contributed by atoms with Crippen LogP contribution in [0.4, 0.5) is 5.69 Å². The largest absolute Gasteiger partial charge is 0.497 e. The molecule has 25 heavy (non-hydrogen) atoms. The van der Waals surface area contributed by atoms with Crippen molar-refractivity contribution in [3.63, 3.8) is 0 Å². The van der Waals surface area contributed by atoms with Crippen LogP contribution in [0.15, 0.2) is 66.8 Å². The number of hydrogen-bond donors (Lipinski definition) is 1. The molecule has 0 aliphatic rings. The van der Waals surface area contributed by atoms with Gasteiger partial charge in [0, 0.05) is 17.3 Å². The van der Waals surface area contributed by atoms with Gasteiger partial charge in [0.15, 0.2) is 0 Å². The van der Waals surface area contributed by atoms with Crippen molar-refractivity contribution >= 4 is 17.7 Å². The summed E-state index contributed by atoms with van der Waals surface area (Å²) < 4.78 is 10.7. The highest BCUT2D eigenvalue weighted by atomic mass is 16.5. The second-order valence-corrected chi connectivity index (χ2v) is 4.99. The van der Waals surface area contributed by atoms with Gasteiger partial charge < -0.3 is 14.8 Å². The molecule has 5 heteroatoms. The third-order valence-electron chi connectivity index (χ3n) is 3.27. The van der Waals surface area contributed by atoms with Crippen molar-refractivity contribution in [1.29, 1.82) is 5.26 Å². The summed E-state index contributed by atoms with van der Waals surface area (Å²) in [6.45, 7) is 3.94. The van der Waals surface area contributed by atoms with Crippen LogP contribution in [0.2, 0.25) is 0 Å². The van der Waals surface area contributed by atoms with Crippen LogP contribution in [0.5, 0.6) is 11.5 Å². The quantitative estimate of drug-likeness (QED) is 0.475. The molecule has 5 nitrogen and oxygen atoms in total. The van der Waals surface area contributed by atoms with Crippen molar-refractivity contribution < 1.29 is 14.3 Å². The Morgan fingerprint density at radius 1 is 1.28 bits per heavy atom. The van der Waals surface area contributed by atoms with E-state index in [0.29, 0.717) is 29.4 Å². The molecule has 0 fully saturated rings. The number of nitrogens with zero attached hydrogens (tertiary/aromatic N) is 1. The molecular weight excluding hydrogens is 316 g/mol. The second-order valence-electron chi connectivity index (χ2n) is 4.99. The Kier molecular flexibility index (Phi) is 6.38. The SMILES string of the molecule is C=CCOc1ccccc1/C=C(/C#N)C(=O)Nc1cccc(OC)c1. The number of para-hydroxylation sites is 1. The minimum absolute atomic E-state index is 0.0301. The van der Waals surface area contributed by atoms with Crippen LogP contribution in [0, 0.1) is 11.3 Å². The molecule has 0 radical (unpaired) electrons. The number of methoxy groups -OCH3 is 1. The van der Waals surface area contributed by atoms with Gasteiger partial charge in [-0.25, -0.2) is 0 Å². The van der Waals surface area contributed by atoms with Gasteiger partial charge in [0.25, 0.3) is 5.91 Å². The molecule has 0 aliphatic heterocycles. The van der Waals surface area contributed by atoms with Crippen LogP contribution in [0.25, 0.3) is 6.08 Å². The van der Waals surface area contributed by atoms with Crippen LogP contribution >= 0.6 is 0 Å². The van der Waals surface area contributed by atoms with E-state index in [0.717, 1.165) is 0 Å². The van der Waals surface area contributed by atoms with Gasteiger partial charge in [0.05, 0.1) is 7.11 Å². The lowest BCUT2D eigenvalue weighted by Crippen LogP contribution is -2.13. The molecule has 1 amide bonds. The average molecular weight is 334 g/mol. The van der Waals surface area contributed by atoms with Crippen molar-refractivity contribution in [3.05, 3.63) is 72.3 Å². The molecule has 0 spiro atoms. The third-order valence-corrected chi connectivity index (χ3v) is 3.27. The topological polar surface area (TPSA) is 71.3 Å². The number of amides is 1. The van der Waals surface area contributed by atoms with E-state index in [2.05, 4.69) is 11.9 Å². The highest BCUT2D eigenvalue weighted by Crippen LogP contribution is 2.22. The first-order chi connectivity index (χ1) is 12.2. The Balaban J connectivity index is 2.23. The Bertz CT molecular complexity index is 835. The summed E-state index contributed by atoms with van der Waals surface area (Å²) in [5.74, 6) is 0.682. The predicted molar refractivity (Wildman–Crippen MR) is 97.3 cm³/mol. The summed E-state index contributed by atoms with van der Waals surface area (Å²) in [6, 6.07) is 16.0. The molecule has 0 saturated heterocycles. The van der Waals surface area contributed by atoms with Gasteiger partial charge in [-0.15, -0.1) is 0 Å². The number of nitrogens with one attached hydrogen (secondary N) is 1. The molecule has 0 atom stereocenters. The zero-order valence-electron chi connectivity index (χ0n) is 13.9. The average Bonchev–Trinajstić information content (AvgIpc) is 2.65. The van der Waals surface area contributed by atoms with Crippen LogP contribution in [0.3, 0.4) is 0 Å². The van der Waals surface area contributed by atoms with E-state index in [1.54, 1.807) is 49.6 Å². The van der Waals surface area contributed by atoms with Crippen LogP contribution in [-0.2, 0) is 4.79 Å². The molecule has 126 valence electrons. The molecule has 0 aliphatic carbocycles. The standard InChI is InChI=1S/C20H18N2O3/c1-3-11-25-19-10-5-4-7-15(19)12-16(14-21)20(23)22-17-8-6-9-18(13-17)24-2/h3-10,12-13H,1,11H2,2H3,(H,22,23)/b16-12-. The Morgan fingerprint density at radius 2 is 2.08 bits per heavy atom. The van der Waals surface area contributed by atoms with E-state index < -0.39 is 5.91 Å². The molecular formula is C20H18N2O3. The zero-order valence-corrected chi connectivity index (χ0v) is 13.9. The maximum atomic E-state index is 12.4. The number of nitriles is 1. The smallest absolute Gasteiger partial charge is 0.266 e. The first-order valence-corrected chi connectivity index (χ1v) is 7.58. The number of rotatable bonds is 7. The first-order valence-electron chi connectivity index (χ1n) is 7.58. The number of carbonyl (C=O) groups excluding carboxylic acids is 1. The maximum Gasteiger partial charge on any atom is 0.266 e. The highest BCUT2D eigenvalue weighted by molar-refractivity contribution is 6.09. The summed E-state index contributed by atoms with van der Waals surface area (Å²) in [5.41, 5.74) is 1.15. The van der Waals surface area contributed by atoms with Gasteiger partial charge in [-0.3, -0.25) is 4.79 Å². The van der Waals surface area contributed by atoms with Crippen molar-refractivity contribution in [2.75, 3.05) is 19.0 Å². The van der Waals surface area contributed by atoms with E-state index in [1.165, 1.54) is 6.08 Å². The highest BCUT2D eigenvalue weighted by Gasteiger charge is 2.11. The number of benzene rings is 2. The molecule has 2 aromatic carbocycles. The lowest BCUT2D eigenvalue weighted by molar-refractivity contribution is -0.112. The molecule has 2 aromatic rings. The summed E-state index contributed by atoms with van der Waals surface area (Å²) in [5, 5.41) is 12.0. The molecule has 1 N–H and O–H groups in total. The molecule has 0 saturated carbocycles. The Labute approximate surface area is 146 Å². The fourth-order valence-corrected chi connectivity index (χ4v) is 2.08. The van der Waals surface area contributed by atoms with Gasteiger partial charge >= 0.3 is 0 Å². The monoisotopic (exact) mass is 334 g/mol. The van der Waals surface area contributed by atoms with Gasteiger partial charge in [0.1, 0.15) is 29.7 Å². The number of ether oxygens (including phenoxy) is 2. The normalized spacial score (nSPS) is 10.5. The lowest BCUT2D eigenvalue weighted by Gasteiger charge is -2.08. The molecule has 0 bridgehead atoms. The molecule has 0 aromatic heterocycles. The van der Waals surface area contributed by atoms with Crippen LogP contribution in [0.1, 0.15) is 5.56 Å². The number of hydrogen-bond acceptors (Lipinski definition) is 4. The predicted octanol–water partition coefficient (Wildman–Crippen LogP) is 3.81. The van der Waals surface area contributed by atoms with Gasteiger partial charge in [-0.05, 0) is 24.3 Å². The molecule has 2 rings (SSSR count). The van der Waals surface area contributed by atoms with Crippen molar-refractivity contribution in [2.24, 2.45) is 0 Å². The van der Waals surface area contributed by atoms with Gasteiger partial charge in [-0.1, -0.05) is 36.9 Å².